The van der Waals surface area contributed by atoms with Crippen LogP contribution in [-0.2, 0) is 9.59 Å². The van der Waals surface area contributed by atoms with Crippen molar-refractivity contribution in [3.8, 4) is 0 Å². The van der Waals surface area contributed by atoms with E-state index in [4.69, 9.17) is 0 Å². The number of aromatic nitrogens is 2. The number of nitrogens with zero attached hydrogens (tertiary/aromatic N) is 3. The summed E-state index contributed by atoms with van der Waals surface area (Å²) in [5.74, 6) is -0.773. The minimum absolute atomic E-state index is 0.000556. The molecule has 0 amide bonds. The van der Waals surface area contributed by atoms with E-state index in [1.54, 1.807) is 0 Å². The predicted molar refractivity (Wildman–Crippen MR) is 52.3 cm³/mol. The standard InChI is InChI=1S/C9H5N3O4/c13-7-1-2-9(14)8(3-7)11-5-6(4-10-11)12(15)16/h1-5H. The molecule has 0 atom stereocenters. The Hall–Kier alpha value is -2.57. The van der Waals surface area contributed by atoms with Gasteiger partial charge in [-0.2, -0.15) is 5.10 Å². The van der Waals surface area contributed by atoms with Crippen LogP contribution in [-0.4, -0.2) is 26.3 Å². The van der Waals surface area contributed by atoms with Crippen LogP contribution >= 0.6 is 0 Å². The number of ketones is 2. The summed E-state index contributed by atoms with van der Waals surface area (Å²) in [5, 5.41) is 14.1. The van der Waals surface area contributed by atoms with E-state index in [1.807, 2.05) is 0 Å². The summed E-state index contributed by atoms with van der Waals surface area (Å²) < 4.78 is 1.02. The van der Waals surface area contributed by atoms with Gasteiger partial charge in [-0.3, -0.25) is 19.7 Å². The van der Waals surface area contributed by atoms with E-state index >= 15 is 0 Å². The molecule has 7 nitrogen and oxygen atoms in total. The lowest BCUT2D eigenvalue weighted by Gasteiger charge is -2.05. The highest BCUT2D eigenvalue weighted by atomic mass is 16.6. The summed E-state index contributed by atoms with van der Waals surface area (Å²) in [6, 6.07) is 0. The van der Waals surface area contributed by atoms with Crippen molar-refractivity contribution in [2.75, 3.05) is 0 Å². The molecule has 0 aromatic carbocycles. The van der Waals surface area contributed by atoms with Crippen molar-refractivity contribution in [3.63, 3.8) is 0 Å². The molecule has 0 saturated carbocycles. The molecular weight excluding hydrogens is 214 g/mol. The van der Waals surface area contributed by atoms with Gasteiger partial charge < -0.3 is 0 Å². The van der Waals surface area contributed by atoms with E-state index in [1.165, 1.54) is 0 Å². The van der Waals surface area contributed by atoms with E-state index in [0.717, 1.165) is 35.3 Å². The Morgan fingerprint density at radius 3 is 2.69 bits per heavy atom. The molecule has 0 saturated heterocycles. The van der Waals surface area contributed by atoms with Gasteiger partial charge >= 0.3 is 5.69 Å². The third-order valence-corrected chi connectivity index (χ3v) is 1.96. The molecule has 0 spiro atoms. The second-order valence-corrected chi connectivity index (χ2v) is 3.03. The van der Waals surface area contributed by atoms with Gasteiger partial charge in [0.2, 0.25) is 5.78 Å². The summed E-state index contributed by atoms with van der Waals surface area (Å²) in [4.78, 5) is 32.2. The van der Waals surface area contributed by atoms with Gasteiger partial charge in [-0.05, 0) is 12.2 Å². The molecule has 1 aromatic heterocycles. The maximum Gasteiger partial charge on any atom is 0.307 e. The van der Waals surface area contributed by atoms with Crippen LogP contribution in [0.5, 0.6) is 0 Å². The normalized spacial score (nSPS) is 15.1. The molecule has 1 aromatic rings. The van der Waals surface area contributed by atoms with Crippen molar-refractivity contribution in [1.82, 2.24) is 9.78 Å². The average Bonchev–Trinajstić information content (AvgIpc) is 2.70. The van der Waals surface area contributed by atoms with E-state index in [0.29, 0.717) is 0 Å². The fraction of sp³-hybridized carbons (Fsp3) is 0. The van der Waals surface area contributed by atoms with Crippen molar-refractivity contribution in [2.45, 2.75) is 0 Å². The molecule has 0 fully saturated rings. The van der Waals surface area contributed by atoms with Crippen molar-refractivity contribution in [3.05, 3.63) is 40.7 Å². The third kappa shape index (κ3) is 1.65. The zero-order valence-electron chi connectivity index (χ0n) is 7.86. The molecule has 1 heterocycles. The van der Waals surface area contributed by atoms with E-state index < -0.39 is 10.7 Å². The summed E-state index contributed by atoms with van der Waals surface area (Å²) in [6.45, 7) is 0. The lowest BCUT2D eigenvalue weighted by molar-refractivity contribution is -0.384. The Bertz CT molecular complexity index is 553. The molecule has 0 N–H and O–H groups in total. The topological polar surface area (TPSA) is 95.1 Å². The first-order valence-electron chi connectivity index (χ1n) is 4.25. The number of rotatable bonds is 2. The van der Waals surface area contributed by atoms with Gasteiger partial charge in [0, 0.05) is 6.08 Å². The largest absolute Gasteiger partial charge is 0.307 e. The lowest BCUT2D eigenvalue weighted by Crippen LogP contribution is -2.12. The van der Waals surface area contributed by atoms with Crippen LogP contribution in [0.3, 0.4) is 0 Å². The number of nitro groups is 1. The van der Waals surface area contributed by atoms with Crippen molar-refractivity contribution in [1.29, 1.82) is 0 Å². The van der Waals surface area contributed by atoms with Crippen LogP contribution < -0.4 is 0 Å². The van der Waals surface area contributed by atoms with Gasteiger partial charge in [0.1, 0.15) is 18.1 Å². The summed E-state index contributed by atoms with van der Waals surface area (Å²) in [5.41, 5.74) is -0.240. The number of hydrogen-bond donors (Lipinski definition) is 0. The van der Waals surface area contributed by atoms with Gasteiger partial charge in [0.05, 0.1) is 4.92 Å². The molecule has 16 heavy (non-hydrogen) atoms. The second kappa shape index (κ2) is 3.54. The highest BCUT2D eigenvalue weighted by Crippen LogP contribution is 2.15. The average molecular weight is 219 g/mol. The summed E-state index contributed by atoms with van der Waals surface area (Å²) in [7, 11) is 0. The van der Waals surface area contributed by atoms with E-state index in [-0.39, 0.29) is 17.2 Å². The highest BCUT2D eigenvalue weighted by Gasteiger charge is 2.18. The molecule has 0 aliphatic heterocycles. The Kier molecular flexibility index (Phi) is 2.20. The Morgan fingerprint density at radius 1 is 1.31 bits per heavy atom. The molecule has 0 unspecified atom stereocenters. The molecule has 7 heteroatoms. The van der Waals surface area contributed by atoms with Gasteiger partial charge in [-0.25, -0.2) is 4.68 Å². The zero-order chi connectivity index (χ0) is 11.7. The van der Waals surface area contributed by atoms with Crippen LogP contribution in [0, 0.1) is 10.1 Å². The van der Waals surface area contributed by atoms with Gasteiger partial charge in [-0.15, -0.1) is 0 Å². The number of hydrogen-bond acceptors (Lipinski definition) is 5. The van der Waals surface area contributed by atoms with Crippen LogP contribution in [0.2, 0.25) is 0 Å². The van der Waals surface area contributed by atoms with Crippen LogP contribution in [0.4, 0.5) is 5.69 Å². The van der Waals surface area contributed by atoms with E-state index in [2.05, 4.69) is 5.10 Å². The smallest absolute Gasteiger partial charge is 0.290 e. The first-order valence-corrected chi connectivity index (χ1v) is 4.25. The molecule has 1 aliphatic rings. The molecular formula is C9H5N3O4. The van der Waals surface area contributed by atoms with Crippen molar-refractivity contribution >= 4 is 23.0 Å². The SMILES string of the molecule is O=C1C=CC(=O)C(n2cc([N+](=O)[O-])cn2)=C1. The number of carbonyl (C=O) groups is 2. The third-order valence-electron chi connectivity index (χ3n) is 1.96. The first kappa shape index (κ1) is 9.97. The summed E-state index contributed by atoms with van der Waals surface area (Å²) >= 11 is 0. The summed E-state index contributed by atoms with van der Waals surface area (Å²) in [6.07, 6.45) is 5.40. The zero-order valence-corrected chi connectivity index (χ0v) is 7.86. The van der Waals surface area contributed by atoms with Crippen molar-refractivity contribution in [2.24, 2.45) is 0 Å². The van der Waals surface area contributed by atoms with Crippen LogP contribution in [0.25, 0.3) is 5.70 Å². The monoisotopic (exact) mass is 219 g/mol. The quantitative estimate of drug-likeness (QED) is 0.406. The lowest BCUT2D eigenvalue weighted by atomic mass is 10.1. The van der Waals surface area contributed by atoms with Gasteiger partial charge in [0.25, 0.3) is 0 Å². The molecule has 1 aliphatic carbocycles. The number of carbonyl (C=O) groups excluding carboxylic acids is 2. The Labute approximate surface area is 88.8 Å². The van der Waals surface area contributed by atoms with Crippen molar-refractivity contribution < 1.29 is 14.5 Å². The van der Waals surface area contributed by atoms with Gasteiger partial charge in [0.15, 0.2) is 5.78 Å². The second-order valence-electron chi connectivity index (χ2n) is 3.03. The Morgan fingerprint density at radius 2 is 2.06 bits per heavy atom. The fourth-order valence-corrected chi connectivity index (χ4v) is 1.22. The van der Waals surface area contributed by atoms with Crippen LogP contribution in [0.1, 0.15) is 0 Å². The number of allylic oxidation sites excluding steroid dienone is 4. The highest BCUT2D eigenvalue weighted by molar-refractivity contribution is 6.30. The van der Waals surface area contributed by atoms with E-state index in [9.17, 15) is 19.7 Å². The minimum Gasteiger partial charge on any atom is -0.290 e. The maximum absolute atomic E-state index is 11.4. The molecule has 80 valence electrons. The maximum atomic E-state index is 11.4. The fourth-order valence-electron chi connectivity index (χ4n) is 1.22. The molecule has 0 bridgehead atoms. The minimum atomic E-state index is -0.630. The molecule has 2 rings (SSSR count). The predicted octanol–water partition coefficient (Wildman–Crippen LogP) is 0.340. The molecule has 0 radical (unpaired) electrons. The first-order chi connectivity index (χ1) is 7.58. The Balaban J connectivity index is 2.40. The van der Waals surface area contributed by atoms with Crippen LogP contribution in [0.15, 0.2) is 30.6 Å². The van der Waals surface area contributed by atoms with Gasteiger partial charge in [-0.1, -0.05) is 0 Å².